The van der Waals surface area contributed by atoms with E-state index in [9.17, 15) is 4.79 Å². The van der Waals surface area contributed by atoms with Gasteiger partial charge in [-0.05, 0) is 50.1 Å². The number of nitrogens with zero attached hydrogens (tertiary/aromatic N) is 2. The summed E-state index contributed by atoms with van der Waals surface area (Å²) in [7, 11) is 0. The number of anilines is 3. The predicted octanol–water partition coefficient (Wildman–Crippen LogP) is 4.74. The Kier molecular flexibility index (Phi) is 6.22. The predicted molar refractivity (Wildman–Crippen MR) is 111 cm³/mol. The Morgan fingerprint density at radius 2 is 1.79 bits per heavy atom. The van der Waals surface area contributed by atoms with Crippen molar-refractivity contribution in [3.8, 4) is 5.75 Å². The second kappa shape index (κ2) is 8.99. The largest absolute Gasteiger partial charge is 0.492 e. The Balaban J connectivity index is 1.80. The van der Waals surface area contributed by atoms with E-state index >= 15 is 0 Å². The Morgan fingerprint density at radius 3 is 2.50 bits per heavy atom. The van der Waals surface area contributed by atoms with Gasteiger partial charge < -0.3 is 15.4 Å². The summed E-state index contributed by atoms with van der Waals surface area (Å²) in [5.41, 5.74) is 3.03. The highest BCUT2D eigenvalue weighted by atomic mass is 16.5. The summed E-state index contributed by atoms with van der Waals surface area (Å²) >= 11 is 0. The fraction of sp³-hybridized carbons (Fsp3) is 0.227. The molecule has 1 heterocycles. The van der Waals surface area contributed by atoms with Crippen LogP contribution in [0.1, 0.15) is 35.7 Å². The first-order chi connectivity index (χ1) is 13.6. The Morgan fingerprint density at radius 1 is 1.04 bits per heavy atom. The minimum absolute atomic E-state index is 0.282. The normalized spacial score (nSPS) is 10.4. The van der Waals surface area contributed by atoms with Crippen LogP contribution in [0.4, 0.5) is 17.2 Å². The molecule has 2 N–H and O–H groups in total. The molecule has 28 heavy (non-hydrogen) atoms. The molecule has 0 fully saturated rings. The van der Waals surface area contributed by atoms with E-state index < -0.39 is 0 Å². The molecule has 0 bridgehead atoms. The maximum atomic E-state index is 12.6. The van der Waals surface area contributed by atoms with Gasteiger partial charge in [0.2, 0.25) is 0 Å². The van der Waals surface area contributed by atoms with Gasteiger partial charge in [-0.3, -0.25) is 4.79 Å². The van der Waals surface area contributed by atoms with Crippen LogP contribution < -0.4 is 15.4 Å². The zero-order valence-electron chi connectivity index (χ0n) is 16.3. The van der Waals surface area contributed by atoms with Gasteiger partial charge in [-0.1, -0.05) is 31.2 Å². The summed E-state index contributed by atoms with van der Waals surface area (Å²) in [6.45, 7) is 6.34. The van der Waals surface area contributed by atoms with Crippen LogP contribution in [0.3, 0.4) is 0 Å². The van der Waals surface area contributed by atoms with E-state index in [0.29, 0.717) is 23.9 Å². The van der Waals surface area contributed by atoms with Crippen LogP contribution in [0.2, 0.25) is 0 Å². The number of hydrogen-bond acceptors (Lipinski definition) is 5. The van der Waals surface area contributed by atoms with E-state index in [0.717, 1.165) is 23.5 Å². The monoisotopic (exact) mass is 376 g/mol. The molecule has 0 aliphatic heterocycles. The van der Waals surface area contributed by atoms with Gasteiger partial charge in [-0.2, -0.15) is 0 Å². The molecule has 0 atom stereocenters. The number of para-hydroxylation sites is 2. The van der Waals surface area contributed by atoms with E-state index in [1.165, 1.54) is 5.56 Å². The molecule has 6 heteroatoms. The molecular formula is C22H24N4O2. The van der Waals surface area contributed by atoms with Gasteiger partial charge >= 0.3 is 0 Å². The number of carbonyl (C=O) groups excluding carboxylic acids is 1. The average Bonchev–Trinajstić information content (AvgIpc) is 2.70. The number of rotatable bonds is 7. The zero-order valence-corrected chi connectivity index (χ0v) is 16.3. The van der Waals surface area contributed by atoms with Crippen molar-refractivity contribution in [2.24, 2.45) is 0 Å². The van der Waals surface area contributed by atoms with Gasteiger partial charge in [0, 0.05) is 11.8 Å². The van der Waals surface area contributed by atoms with Crippen molar-refractivity contribution >= 4 is 23.1 Å². The van der Waals surface area contributed by atoms with Crippen molar-refractivity contribution in [3.05, 3.63) is 71.7 Å². The number of ether oxygens (including phenoxy) is 1. The molecule has 0 spiro atoms. The van der Waals surface area contributed by atoms with Gasteiger partial charge in [-0.15, -0.1) is 0 Å². The van der Waals surface area contributed by atoms with Crippen molar-refractivity contribution in [1.82, 2.24) is 9.97 Å². The number of nitrogens with one attached hydrogen (secondary N) is 2. The van der Waals surface area contributed by atoms with Gasteiger partial charge in [0.25, 0.3) is 5.91 Å². The van der Waals surface area contributed by atoms with E-state index in [1.807, 2.05) is 55.5 Å². The molecule has 0 aliphatic carbocycles. The molecule has 2 aromatic carbocycles. The number of aryl methyl sites for hydroxylation is 2. The van der Waals surface area contributed by atoms with Crippen LogP contribution in [-0.4, -0.2) is 22.5 Å². The molecule has 3 aromatic rings. The van der Waals surface area contributed by atoms with E-state index in [2.05, 4.69) is 27.5 Å². The van der Waals surface area contributed by atoms with E-state index in [4.69, 9.17) is 4.74 Å². The second-order valence-electron chi connectivity index (χ2n) is 6.24. The molecule has 3 rings (SSSR count). The molecule has 0 saturated heterocycles. The van der Waals surface area contributed by atoms with Crippen LogP contribution in [0.25, 0.3) is 0 Å². The summed E-state index contributed by atoms with van der Waals surface area (Å²) in [5.74, 6) is 1.48. The van der Waals surface area contributed by atoms with Crippen LogP contribution in [0.15, 0.2) is 54.6 Å². The topological polar surface area (TPSA) is 76.1 Å². The number of hydrogen-bond donors (Lipinski definition) is 2. The molecule has 0 aliphatic rings. The van der Waals surface area contributed by atoms with Crippen LogP contribution in [-0.2, 0) is 6.42 Å². The summed E-state index contributed by atoms with van der Waals surface area (Å²) in [5, 5.41) is 6.09. The van der Waals surface area contributed by atoms with Crippen molar-refractivity contribution < 1.29 is 9.53 Å². The first-order valence-corrected chi connectivity index (χ1v) is 9.34. The van der Waals surface area contributed by atoms with Gasteiger partial charge in [-0.25, -0.2) is 9.97 Å². The lowest BCUT2D eigenvalue weighted by atomic mass is 10.1. The van der Waals surface area contributed by atoms with Gasteiger partial charge in [0.05, 0.1) is 12.3 Å². The van der Waals surface area contributed by atoms with Gasteiger partial charge in [0.15, 0.2) is 0 Å². The molecule has 144 valence electrons. The second-order valence-corrected chi connectivity index (χ2v) is 6.24. The van der Waals surface area contributed by atoms with Gasteiger partial charge in [0.1, 0.15) is 23.1 Å². The third-order valence-corrected chi connectivity index (χ3v) is 4.14. The van der Waals surface area contributed by atoms with Crippen molar-refractivity contribution in [3.63, 3.8) is 0 Å². The molecule has 6 nitrogen and oxygen atoms in total. The molecule has 0 saturated carbocycles. The van der Waals surface area contributed by atoms with Crippen molar-refractivity contribution in [2.45, 2.75) is 27.2 Å². The first kappa shape index (κ1) is 19.4. The lowest BCUT2D eigenvalue weighted by Crippen LogP contribution is -2.15. The fourth-order valence-electron chi connectivity index (χ4n) is 2.76. The van der Waals surface area contributed by atoms with E-state index in [1.54, 1.807) is 13.0 Å². The fourth-order valence-corrected chi connectivity index (χ4v) is 2.76. The van der Waals surface area contributed by atoms with Crippen LogP contribution in [0, 0.1) is 6.92 Å². The minimum atomic E-state index is -0.282. The van der Waals surface area contributed by atoms with Crippen molar-refractivity contribution in [1.29, 1.82) is 0 Å². The Labute approximate surface area is 165 Å². The SMILES string of the molecule is CCOc1ccccc1Nc1cc(C(=O)Nc2ccc(CC)cc2)nc(C)n1. The average molecular weight is 376 g/mol. The number of benzene rings is 2. The zero-order chi connectivity index (χ0) is 19.9. The van der Waals surface area contributed by atoms with Crippen LogP contribution in [0.5, 0.6) is 5.75 Å². The Bertz CT molecular complexity index is 955. The highest BCUT2D eigenvalue weighted by Gasteiger charge is 2.12. The van der Waals surface area contributed by atoms with Crippen LogP contribution >= 0.6 is 0 Å². The third kappa shape index (κ3) is 4.85. The molecule has 0 radical (unpaired) electrons. The third-order valence-electron chi connectivity index (χ3n) is 4.14. The number of amides is 1. The summed E-state index contributed by atoms with van der Waals surface area (Å²) in [6, 6.07) is 17.0. The minimum Gasteiger partial charge on any atom is -0.492 e. The summed E-state index contributed by atoms with van der Waals surface area (Å²) in [6.07, 6.45) is 0.956. The highest BCUT2D eigenvalue weighted by molar-refractivity contribution is 6.03. The molecule has 0 unspecified atom stereocenters. The molecular weight excluding hydrogens is 352 g/mol. The summed E-state index contributed by atoms with van der Waals surface area (Å²) in [4.78, 5) is 21.3. The smallest absolute Gasteiger partial charge is 0.274 e. The standard InChI is InChI=1S/C22H24N4O2/c1-4-16-10-12-17(13-11-16)25-22(27)19-14-21(24-15(3)23-19)26-18-8-6-7-9-20(18)28-5-2/h6-14H,4-5H2,1-3H3,(H,25,27)(H,23,24,26). The summed E-state index contributed by atoms with van der Waals surface area (Å²) < 4.78 is 5.63. The quantitative estimate of drug-likeness (QED) is 0.623. The Hall–Kier alpha value is -3.41. The first-order valence-electron chi connectivity index (χ1n) is 9.34. The molecule has 1 aromatic heterocycles. The lowest BCUT2D eigenvalue weighted by Gasteiger charge is -2.13. The number of carbonyl (C=O) groups is 1. The molecule has 1 amide bonds. The van der Waals surface area contributed by atoms with E-state index in [-0.39, 0.29) is 5.91 Å². The number of aromatic nitrogens is 2. The maximum absolute atomic E-state index is 12.6. The van der Waals surface area contributed by atoms with Crippen molar-refractivity contribution in [2.75, 3.05) is 17.2 Å². The highest BCUT2D eigenvalue weighted by Crippen LogP contribution is 2.27. The maximum Gasteiger partial charge on any atom is 0.274 e. The lowest BCUT2D eigenvalue weighted by molar-refractivity contribution is 0.102.